The van der Waals surface area contributed by atoms with E-state index in [1.807, 2.05) is 24.3 Å². The number of ether oxygens (including phenoxy) is 2. The number of benzene rings is 1. The van der Waals surface area contributed by atoms with Crippen LogP contribution in [0.25, 0.3) is 0 Å². The highest BCUT2D eigenvalue weighted by molar-refractivity contribution is 7.11. The van der Waals surface area contributed by atoms with E-state index in [0.717, 1.165) is 27.8 Å². The van der Waals surface area contributed by atoms with E-state index in [9.17, 15) is 5.11 Å². The Bertz CT molecular complexity index is 560. The van der Waals surface area contributed by atoms with Crippen molar-refractivity contribution in [3.63, 3.8) is 0 Å². The minimum atomic E-state index is -0.830. The zero-order chi connectivity index (χ0) is 14.6. The lowest BCUT2D eigenvalue weighted by Crippen LogP contribution is -2.12. The molecule has 1 heterocycles. The van der Waals surface area contributed by atoms with Crippen LogP contribution in [0, 0.1) is 0 Å². The summed E-state index contributed by atoms with van der Waals surface area (Å²) in [5.41, 5.74) is -0.830. The van der Waals surface area contributed by atoms with Gasteiger partial charge in [0.2, 0.25) is 0 Å². The number of nitrogens with zero attached hydrogens (tertiary/aromatic N) is 1. The lowest BCUT2D eigenvalue weighted by Gasteiger charge is -2.13. The van der Waals surface area contributed by atoms with Crippen LogP contribution < -0.4 is 9.47 Å². The predicted octanol–water partition coefficient (Wildman–Crippen LogP) is 3.00. The van der Waals surface area contributed by atoms with Crippen molar-refractivity contribution < 1.29 is 14.6 Å². The first-order chi connectivity index (χ1) is 9.49. The molecule has 20 heavy (non-hydrogen) atoms. The van der Waals surface area contributed by atoms with Crippen LogP contribution in [-0.4, -0.2) is 23.8 Å². The van der Waals surface area contributed by atoms with Gasteiger partial charge < -0.3 is 14.6 Å². The third-order valence-electron chi connectivity index (χ3n) is 2.78. The van der Waals surface area contributed by atoms with Gasteiger partial charge in [-0.1, -0.05) is 6.07 Å². The third-order valence-corrected chi connectivity index (χ3v) is 4.15. The molecule has 0 saturated heterocycles. The number of methoxy groups -OCH3 is 1. The quantitative estimate of drug-likeness (QED) is 0.889. The maximum absolute atomic E-state index is 9.89. The molecule has 0 saturated carbocycles. The smallest absolute Gasteiger partial charge is 0.123 e. The van der Waals surface area contributed by atoms with Gasteiger partial charge in [0.15, 0.2) is 0 Å². The summed E-state index contributed by atoms with van der Waals surface area (Å²) >= 11 is 1.52. The van der Waals surface area contributed by atoms with Crippen molar-refractivity contribution in [1.82, 2.24) is 4.98 Å². The predicted molar refractivity (Wildman–Crippen MR) is 79.6 cm³/mol. The molecule has 4 nitrogen and oxygen atoms in total. The highest BCUT2D eigenvalue weighted by Gasteiger charge is 2.19. The van der Waals surface area contributed by atoms with Gasteiger partial charge in [-0.3, -0.25) is 0 Å². The molecule has 0 fully saturated rings. The monoisotopic (exact) mass is 293 g/mol. The van der Waals surface area contributed by atoms with Gasteiger partial charge in [-0.25, -0.2) is 4.98 Å². The van der Waals surface area contributed by atoms with Crippen LogP contribution in [0.5, 0.6) is 11.5 Å². The lowest BCUT2D eigenvalue weighted by molar-refractivity contribution is 0.0823. The van der Waals surface area contributed by atoms with Crippen LogP contribution in [0.3, 0.4) is 0 Å². The summed E-state index contributed by atoms with van der Waals surface area (Å²) in [5.74, 6) is 1.56. The normalized spacial score (nSPS) is 11.4. The van der Waals surface area contributed by atoms with Gasteiger partial charge in [-0.2, -0.15) is 0 Å². The second kappa shape index (κ2) is 6.24. The van der Waals surface area contributed by atoms with Gasteiger partial charge in [0, 0.05) is 18.7 Å². The molecular formula is C15H19NO3S. The van der Waals surface area contributed by atoms with Crippen molar-refractivity contribution >= 4 is 11.3 Å². The molecule has 0 aliphatic carbocycles. The van der Waals surface area contributed by atoms with E-state index < -0.39 is 5.60 Å². The Balaban J connectivity index is 1.88. The van der Waals surface area contributed by atoms with Crippen molar-refractivity contribution in [2.24, 2.45) is 0 Å². The van der Waals surface area contributed by atoms with E-state index in [2.05, 4.69) is 4.98 Å². The van der Waals surface area contributed by atoms with Crippen LogP contribution >= 0.6 is 11.3 Å². The first-order valence-electron chi connectivity index (χ1n) is 6.43. The molecule has 0 bridgehead atoms. The van der Waals surface area contributed by atoms with Crippen molar-refractivity contribution in [3.8, 4) is 11.5 Å². The number of aliphatic hydroxyl groups is 1. The van der Waals surface area contributed by atoms with Crippen LogP contribution in [-0.2, 0) is 12.0 Å². The molecule has 5 heteroatoms. The molecule has 108 valence electrons. The second-order valence-electron chi connectivity index (χ2n) is 4.95. The topological polar surface area (TPSA) is 51.6 Å². The number of aromatic nitrogens is 1. The Kier molecular flexibility index (Phi) is 4.62. The van der Waals surface area contributed by atoms with Crippen LogP contribution in [0.15, 0.2) is 30.5 Å². The molecule has 1 aromatic carbocycles. The first kappa shape index (κ1) is 14.8. The standard InChI is InChI=1S/C15H19NO3S/c1-15(2,17)13-10-16-14(20-13)7-8-19-12-6-4-5-11(9-12)18-3/h4-6,9-10,17H,7-8H2,1-3H3. The Morgan fingerprint density at radius 3 is 2.70 bits per heavy atom. The van der Waals surface area contributed by atoms with E-state index in [0.29, 0.717) is 6.61 Å². The van der Waals surface area contributed by atoms with E-state index >= 15 is 0 Å². The summed E-state index contributed by atoms with van der Waals surface area (Å²) in [6.45, 7) is 4.07. The first-order valence-corrected chi connectivity index (χ1v) is 7.25. The zero-order valence-corrected chi connectivity index (χ0v) is 12.7. The molecule has 0 amide bonds. The molecule has 0 unspecified atom stereocenters. The summed E-state index contributed by atoms with van der Waals surface area (Å²) in [6, 6.07) is 7.52. The molecule has 0 spiro atoms. The SMILES string of the molecule is COc1cccc(OCCc2ncc(C(C)(C)O)s2)c1. The van der Waals surface area contributed by atoms with E-state index in [4.69, 9.17) is 9.47 Å². The summed E-state index contributed by atoms with van der Waals surface area (Å²) < 4.78 is 10.8. The Morgan fingerprint density at radius 2 is 2.05 bits per heavy atom. The van der Waals surface area contributed by atoms with Gasteiger partial charge in [0.1, 0.15) is 11.5 Å². The van der Waals surface area contributed by atoms with Crippen molar-refractivity contribution in [1.29, 1.82) is 0 Å². The fraction of sp³-hybridized carbons (Fsp3) is 0.400. The average Bonchev–Trinajstić information content (AvgIpc) is 2.88. The lowest BCUT2D eigenvalue weighted by atomic mass is 10.1. The van der Waals surface area contributed by atoms with Crippen LogP contribution in [0.1, 0.15) is 23.7 Å². The van der Waals surface area contributed by atoms with Crippen LogP contribution in [0.4, 0.5) is 0 Å². The van der Waals surface area contributed by atoms with E-state index in [1.165, 1.54) is 11.3 Å². The molecule has 0 aliphatic rings. The third kappa shape index (κ3) is 3.95. The Morgan fingerprint density at radius 1 is 1.30 bits per heavy atom. The summed E-state index contributed by atoms with van der Waals surface area (Å²) in [7, 11) is 1.63. The fourth-order valence-electron chi connectivity index (χ4n) is 1.66. The largest absolute Gasteiger partial charge is 0.497 e. The number of thiazole rings is 1. The Hall–Kier alpha value is -1.59. The van der Waals surface area contributed by atoms with Crippen LogP contribution in [0.2, 0.25) is 0 Å². The zero-order valence-electron chi connectivity index (χ0n) is 11.9. The van der Waals surface area contributed by atoms with Crippen molar-refractivity contribution in [2.45, 2.75) is 25.9 Å². The molecular weight excluding hydrogens is 274 g/mol. The second-order valence-corrected chi connectivity index (χ2v) is 6.07. The number of hydrogen-bond donors (Lipinski definition) is 1. The van der Waals surface area contributed by atoms with Crippen molar-refractivity contribution in [2.75, 3.05) is 13.7 Å². The summed E-state index contributed by atoms with van der Waals surface area (Å²) in [6.07, 6.45) is 2.45. The number of rotatable bonds is 6. The summed E-state index contributed by atoms with van der Waals surface area (Å²) in [5, 5.41) is 10.9. The molecule has 1 aromatic heterocycles. The van der Waals surface area contributed by atoms with E-state index in [-0.39, 0.29) is 0 Å². The molecule has 2 rings (SSSR count). The highest BCUT2D eigenvalue weighted by Crippen LogP contribution is 2.26. The molecule has 1 N–H and O–H groups in total. The van der Waals surface area contributed by atoms with E-state index in [1.54, 1.807) is 27.2 Å². The maximum Gasteiger partial charge on any atom is 0.123 e. The van der Waals surface area contributed by atoms with Crippen molar-refractivity contribution in [3.05, 3.63) is 40.3 Å². The molecule has 0 aliphatic heterocycles. The van der Waals surface area contributed by atoms with Gasteiger partial charge in [-0.05, 0) is 26.0 Å². The maximum atomic E-state index is 9.89. The molecule has 0 radical (unpaired) electrons. The highest BCUT2D eigenvalue weighted by atomic mass is 32.1. The fourth-order valence-corrected chi connectivity index (χ4v) is 2.56. The number of hydrogen-bond acceptors (Lipinski definition) is 5. The van der Waals surface area contributed by atoms with Gasteiger partial charge >= 0.3 is 0 Å². The van der Waals surface area contributed by atoms with Gasteiger partial charge in [0.25, 0.3) is 0 Å². The average molecular weight is 293 g/mol. The summed E-state index contributed by atoms with van der Waals surface area (Å²) in [4.78, 5) is 5.17. The van der Waals surface area contributed by atoms with Gasteiger partial charge in [-0.15, -0.1) is 11.3 Å². The minimum absolute atomic E-state index is 0.548. The molecule has 0 atom stereocenters. The molecule has 2 aromatic rings. The minimum Gasteiger partial charge on any atom is -0.497 e. The van der Waals surface area contributed by atoms with Gasteiger partial charge in [0.05, 0.1) is 29.2 Å². The Labute approximate surface area is 123 Å².